The molecule has 1 heterocycles. The summed E-state index contributed by atoms with van der Waals surface area (Å²) in [4.78, 5) is 2.26. The fourth-order valence-electron chi connectivity index (χ4n) is 3.90. The van der Waals surface area contributed by atoms with E-state index in [1.807, 2.05) is 25.1 Å². The highest BCUT2D eigenvalue weighted by atomic mass is 19.4. The lowest BCUT2D eigenvalue weighted by Crippen LogP contribution is -2.36. The van der Waals surface area contributed by atoms with Gasteiger partial charge in [0.2, 0.25) is 0 Å². The lowest BCUT2D eigenvalue weighted by atomic mass is 9.78. The zero-order valence-corrected chi connectivity index (χ0v) is 14.8. The SMILES string of the molecule is CCC(O)(c1cccc(C(F)(F)F)c1)C1CCN(Cc2ccccc2)C1. The summed E-state index contributed by atoms with van der Waals surface area (Å²) in [6.45, 7) is 4.14. The maximum atomic E-state index is 13.1. The summed E-state index contributed by atoms with van der Waals surface area (Å²) >= 11 is 0. The Balaban J connectivity index is 1.78. The fraction of sp³-hybridized carbons (Fsp3) is 0.429. The van der Waals surface area contributed by atoms with Crippen LogP contribution in [0.5, 0.6) is 0 Å². The van der Waals surface area contributed by atoms with Crippen LogP contribution < -0.4 is 0 Å². The van der Waals surface area contributed by atoms with Crippen molar-refractivity contribution in [2.45, 2.75) is 38.1 Å². The second kappa shape index (κ2) is 7.41. The van der Waals surface area contributed by atoms with E-state index >= 15 is 0 Å². The molecule has 1 saturated heterocycles. The van der Waals surface area contributed by atoms with E-state index in [9.17, 15) is 18.3 Å². The minimum absolute atomic E-state index is 0.0836. The standard InChI is InChI=1S/C21H24F3NO/c1-2-20(26,17-9-6-10-18(13-17)21(22,23)24)19-11-12-25(15-19)14-16-7-4-3-5-8-16/h3-10,13,19,26H,2,11-12,14-15H2,1H3. The number of halogens is 3. The van der Waals surface area contributed by atoms with Crippen molar-refractivity contribution in [1.82, 2.24) is 4.90 Å². The average Bonchev–Trinajstić information content (AvgIpc) is 3.10. The summed E-state index contributed by atoms with van der Waals surface area (Å²) in [6, 6.07) is 15.2. The molecule has 0 amide bonds. The van der Waals surface area contributed by atoms with Crippen molar-refractivity contribution in [2.75, 3.05) is 13.1 Å². The summed E-state index contributed by atoms with van der Waals surface area (Å²) in [7, 11) is 0. The van der Waals surface area contributed by atoms with Crippen LogP contribution in [0.25, 0.3) is 0 Å². The van der Waals surface area contributed by atoms with E-state index in [0.717, 1.165) is 31.6 Å². The number of benzene rings is 2. The second-order valence-electron chi connectivity index (χ2n) is 7.06. The third kappa shape index (κ3) is 3.94. The Bertz CT molecular complexity index is 732. The van der Waals surface area contributed by atoms with Crippen LogP contribution in [0, 0.1) is 5.92 Å². The van der Waals surface area contributed by atoms with Crippen LogP contribution in [0.3, 0.4) is 0 Å². The number of hydrogen-bond acceptors (Lipinski definition) is 2. The highest BCUT2D eigenvalue weighted by molar-refractivity contribution is 5.31. The molecule has 0 aromatic heterocycles. The smallest absolute Gasteiger partial charge is 0.385 e. The second-order valence-corrected chi connectivity index (χ2v) is 7.06. The summed E-state index contributed by atoms with van der Waals surface area (Å²) < 4.78 is 39.2. The number of alkyl halides is 3. The lowest BCUT2D eigenvalue weighted by Gasteiger charge is -2.34. The fourth-order valence-corrected chi connectivity index (χ4v) is 3.90. The molecule has 26 heavy (non-hydrogen) atoms. The Morgan fingerprint density at radius 3 is 2.38 bits per heavy atom. The summed E-state index contributed by atoms with van der Waals surface area (Å²) in [5.41, 5.74) is -0.387. The first-order chi connectivity index (χ1) is 12.3. The van der Waals surface area contributed by atoms with E-state index in [2.05, 4.69) is 17.0 Å². The molecule has 0 radical (unpaired) electrons. The first-order valence-electron chi connectivity index (χ1n) is 8.99. The molecule has 2 aromatic rings. The van der Waals surface area contributed by atoms with E-state index in [0.29, 0.717) is 18.5 Å². The van der Waals surface area contributed by atoms with Crippen LogP contribution in [-0.4, -0.2) is 23.1 Å². The quantitative estimate of drug-likeness (QED) is 0.823. The highest BCUT2D eigenvalue weighted by Crippen LogP contribution is 2.40. The maximum Gasteiger partial charge on any atom is 0.416 e. The van der Waals surface area contributed by atoms with Crippen molar-refractivity contribution in [3.8, 4) is 0 Å². The van der Waals surface area contributed by atoms with E-state index in [1.54, 1.807) is 6.07 Å². The van der Waals surface area contributed by atoms with Crippen molar-refractivity contribution in [3.05, 3.63) is 71.3 Å². The molecule has 2 atom stereocenters. The third-order valence-electron chi connectivity index (χ3n) is 5.43. The van der Waals surface area contributed by atoms with Crippen LogP contribution in [0.4, 0.5) is 13.2 Å². The Kier molecular flexibility index (Phi) is 5.39. The zero-order chi connectivity index (χ0) is 18.8. The van der Waals surface area contributed by atoms with Gasteiger partial charge in [0.15, 0.2) is 0 Å². The van der Waals surface area contributed by atoms with Gasteiger partial charge < -0.3 is 5.11 Å². The van der Waals surface area contributed by atoms with E-state index in [1.165, 1.54) is 11.6 Å². The van der Waals surface area contributed by atoms with Gasteiger partial charge in [-0.1, -0.05) is 49.4 Å². The molecule has 0 bridgehead atoms. The molecule has 0 spiro atoms. The van der Waals surface area contributed by atoms with E-state index in [4.69, 9.17) is 0 Å². The minimum Gasteiger partial charge on any atom is -0.385 e. The highest BCUT2D eigenvalue weighted by Gasteiger charge is 2.42. The molecular formula is C21H24F3NO. The van der Waals surface area contributed by atoms with Gasteiger partial charge in [-0.25, -0.2) is 0 Å². The molecule has 2 unspecified atom stereocenters. The molecule has 140 valence electrons. The first-order valence-corrected chi connectivity index (χ1v) is 8.99. The molecule has 5 heteroatoms. The van der Waals surface area contributed by atoms with Crippen molar-refractivity contribution in [2.24, 2.45) is 5.92 Å². The predicted octanol–water partition coefficient (Wildman–Crippen LogP) is 4.83. The zero-order valence-electron chi connectivity index (χ0n) is 14.8. The normalized spacial score (nSPS) is 20.9. The summed E-state index contributed by atoms with van der Waals surface area (Å²) in [6.07, 6.45) is -3.24. The first kappa shape index (κ1) is 18.9. The van der Waals surface area contributed by atoms with E-state index < -0.39 is 17.3 Å². The Morgan fingerprint density at radius 2 is 1.73 bits per heavy atom. The number of rotatable bonds is 5. The van der Waals surface area contributed by atoms with Crippen LogP contribution >= 0.6 is 0 Å². The van der Waals surface area contributed by atoms with Gasteiger partial charge in [0.05, 0.1) is 11.2 Å². The molecule has 1 aliphatic heterocycles. The lowest BCUT2D eigenvalue weighted by molar-refractivity contribution is -0.137. The Labute approximate surface area is 152 Å². The van der Waals surface area contributed by atoms with Crippen LogP contribution in [0.15, 0.2) is 54.6 Å². The van der Waals surface area contributed by atoms with Gasteiger partial charge in [-0.2, -0.15) is 13.2 Å². The maximum absolute atomic E-state index is 13.1. The molecule has 1 fully saturated rings. The van der Waals surface area contributed by atoms with Gasteiger partial charge in [0.1, 0.15) is 0 Å². The molecule has 0 aliphatic carbocycles. The summed E-state index contributed by atoms with van der Waals surface area (Å²) in [5.74, 6) is -0.0836. The minimum atomic E-state index is -4.40. The predicted molar refractivity (Wildman–Crippen MR) is 95.5 cm³/mol. The van der Waals surface area contributed by atoms with Gasteiger partial charge in [-0.15, -0.1) is 0 Å². The largest absolute Gasteiger partial charge is 0.416 e. The van der Waals surface area contributed by atoms with Gasteiger partial charge >= 0.3 is 6.18 Å². The van der Waals surface area contributed by atoms with E-state index in [-0.39, 0.29) is 5.92 Å². The molecule has 2 aromatic carbocycles. The molecule has 2 nitrogen and oxygen atoms in total. The topological polar surface area (TPSA) is 23.5 Å². The van der Waals surface area contributed by atoms with Crippen molar-refractivity contribution >= 4 is 0 Å². The van der Waals surface area contributed by atoms with Crippen molar-refractivity contribution in [1.29, 1.82) is 0 Å². The molecule has 1 aliphatic rings. The van der Waals surface area contributed by atoms with Gasteiger partial charge in [0.25, 0.3) is 0 Å². The number of nitrogens with zero attached hydrogens (tertiary/aromatic N) is 1. The van der Waals surface area contributed by atoms with Crippen molar-refractivity contribution in [3.63, 3.8) is 0 Å². The molecule has 0 saturated carbocycles. The summed E-state index contributed by atoms with van der Waals surface area (Å²) in [5, 5.41) is 11.3. The Hall–Kier alpha value is -1.85. The number of hydrogen-bond donors (Lipinski definition) is 1. The Morgan fingerprint density at radius 1 is 1.04 bits per heavy atom. The molecular weight excluding hydrogens is 339 g/mol. The number of likely N-dealkylation sites (tertiary alicyclic amines) is 1. The van der Waals surface area contributed by atoms with Gasteiger partial charge in [-0.05, 0) is 42.6 Å². The average molecular weight is 363 g/mol. The van der Waals surface area contributed by atoms with Crippen LogP contribution in [0.1, 0.15) is 36.5 Å². The monoisotopic (exact) mass is 363 g/mol. The molecule has 1 N–H and O–H groups in total. The number of aliphatic hydroxyl groups is 1. The van der Waals surface area contributed by atoms with Crippen LogP contribution in [-0.2, 0) is 18.3 Å². The van der Waals surface area contributed by atoms with Gasteiger partial charge in [0, 0.05) is 19.0 Å². The van der Waals surface area contributed by atoms with Gasteiger partial charge in [-0.3, -0.25) is 4.90 Å². The van der Waals surface area contributed by atoms with Crippen LogP contribution in [0.2, 0.25) is 0 Å². The molecule has 3 rings (SSSR count). The van der Waals surface area contributed by atoms with Crippen molar-refractivity contribution < 1.29 is 18.3 Å². The third-order valence-corrected chi connectivity index (χ3v) is 5.43.